The fraction of sp³-hybridized carbons (Fsp3) is 0.0833. The first-order chi connectivity index (χ1) is 16.4. The number of thioether (sulfide) groups is 1. The molecule has 0 unspecified atom stereocenters. The summed E-state index contributed by atoms with van der Waals surface area (Å²) >= 11 is 14.0. The average Bonchev–Trinajstić information content (AvgIpc) is 3.24. The van der Waals surface area contributed by atoms with E-state index in [2.05, 4.69) is 14.9 Å². The number of hydrogen-bond donors (Lipinski definition) is 1. The Bertz CT molecular complexity index is 1390. The van der Waals surface area contributed by atoms with E-state index in [4.69, 9.17) is 23.2 Å². The summed E-state index contributed by atoms with van der Waals surface area (Å²) in [5, 5.41) is 11.1. The van der Waals surface area contributed by atoms with E-state index in [0.717, 1.165) is 16.5 Å². The van der Waals surface area contributed by atoms with E-state index in [1.54, 1.807) is 22.8 Å². The van der Waals surface area contributed by atoms with E-state index in [0.29, 0.717) is 32.5 Å². The molecule has 0 fully saturated rings. The van der Waals surface area contributed by atoms with Gasteiger partial charge in [0.15, 0.2) is 11.0 Å². The molecule has 0 aliphatic carbocycles. The molecule has 1 N–H and O–H groups in total. The first-order valence-corrected chi connectivity index (χ1v) is 13.5. The van der Waals surface area contributed by atoms with Gasteiger partial charge in [-0.25, -0.2) is 13.1 Å². The van der Waals surface area contributed by atoms with Crippen LogP contribution in [0, 0.1) is 0 Å². The summed E-state index contributed by atoms with van der Waals surface area (Å²) in [6, 6.07) is 24.2. The number of aromatic nitrogens is 3. The number of sulfonamides is 1. The monoisotopic (exact) mass is 530 g/mol. The van der Waals surface area contributed by atoms with E-state index in [9.17, 15) is 8.42 Å². The lowest BCUT2D eigenvalue weighted by Gasteiger charge is -2.12. The average molecular weight is 531 g/mol. The molecule has 4 aromatic rings. The number of benzene rings is 3. The van der Waals surface area contributed by atoms with Crippen LogP contribution in [0.25, 0.3) is 11.8 Å². The highest BCUT2D eigenvalue weighted by atomic mass is 35.5. The molecular weight excluding hydrogens is 511 g/mol. The minimum Gasteiger partial charge on any atom is -0.271 e. The molecule has 0 spiro atoms. The molecule has 0 saturated carbocycles. The second-order valence-electron chi connectivity index (χ2n) is 7.18. The normalized spacial score (nSPS) is 11.8. The van der Waals surface area contributed by atoms with Gasteiger partial charge in [-0.1, -0.05) is 95.6 Å². The second kappa shape index (κ2) is 11.2. The number of rotatable bonds is 9. The van der Waals surface area contributed by atoms with Crippen molar-refractivity contribution in [1.29, 1.82) is 0 Å². The smallest absolute Gasteiger partial charge is 0.234 e. The van der Waals surface area contributed by atoms with Crippen molar-refractivity contribution in [1.82, 2.24) is 19.5 Å². The van der Waals surface area contributed by atoms with Crippen molar-refractivity contribution in [3.05, 3.63) is 111 Å². The quantitative estimate of drug-likeness (QED) is 0.270. The Labute approximate surface area is 212 Å². The molecule has 4 rings (SSSR count). The fourth-order valence-electron chi connectivity index (χ4n) is 3.08. The largest absolute Gasteiger partial charge is 0.271 e. The third kappa shape index (κ3) is 6.49. The van der Waals surface area contributed by atoms with E-state index in [1.165, 1.54) is 17.8 Å². The zero-order valence-corrected chi connectivity index (χ0v) is 20.9. The molecule has 0 atom stereocenters. The second-order valence-corrected chi connectivity index (χ2v) is 10.6. The molecule has 1 heterocycles. The van der Waals surface area contributed by atoms with Crippen molar-refractivity contribution in [2.24, 2.45) is 0 Å². The zero-order chi connectivity index (χ0) is 24.0. The molecule has 0 aliphatic heterocycles. The predicted octanol–water partition coefficient (Wildman–Crippen LogP) is 5.96. The van der Waals surface area contributed by atoms with Crippen LogP contribution in [0.15, 0.2) is 89.4 Å². The van der Waals surface area contributed by atoms with Gasteiger partial charge in [-0.05, 0) is 35.4 Å². The number of halogens is 2. The molecule has 1 aromatic heterocycles. The number of nitrogens with one attached hydrogen (secondary N) is 1. The summed E-state index contributed by atoms with van der Waals surface area (Å²) < 4.78 is 29.4. The van der Waals surface area contributed by atoms with Gasteiger partial charge >= 0.3 is 0 Å². The van der Waals surface area contributed by atoms with Gasteiger partial charge in [-0.2, -0.15) is 0 Å². The van der Waals surface area contributed by atoms with Crippen LogP contribution in [-0.2, 0) is 22.3 Å². The Balaban J connectivity index is 1.59. The molecular formula is C24H20Cl2N4O2S2. The Kier molecular flexibility index (Phi) is 8.07. The van der Waals surface area contributed by atoms with E-state index < -0.39 is 10.0 Å². The highest BCUT2D eigenvalue weighted by Crippen LogP contribution is 2.30. The molecule has 34 heavy (non-hydrogen) atoms. The molecule has 174 valence electrons. The Morgan fingerprint density at radius 3 is 2.35 bits per heavy atom. The molecule has 0 radical (unpaired) electrons. The van der Waals surface area contributed by atoms with Crippen LogP contribution in [-0.4, -0.2) is 23.2 Å². The number of hydrogen-bond acceptors (Lipinski definition) is 5. The predicted molar refractivity (Wildman–Crippen MR) is 139 cm³/mol. The summed E-state index contributed by atoms with van der Waals surface area (Å²) in [6.45, 7) is -0.0701. The summed E-state index contributed by atoms with van der Waals surface area (Å²) in [5.41, 5.74) is 2.52. The van der Waals surface area contributed by atoms with Crippen molar-refractivity contribution in [3.8, 4) is 5.69 Å². The van der Waals surface area contributed by atoms with Crippen molar-refractivity contribution >= 4 is 51.1 Å². The molecule has 10 heteroatoms. The maximum Gasteiger partial charge on any atom is 0.234 e. The summed E-state index contributed by atoms with van der Waals surface area (Å²) in [4.78, 5) is 0. The summed E-state index contributed by atoms with van der Waals surface area (Å²) in [5.74, 6) is 1.06. The Hall–Kier alpha value is -2.62. The van der Waals surface area contributed by atoms with Gasteiger partial charge in [0.2, 0.25) is 10.0 Å². The van der Waals surface area contributed by atoms with Crippen LogP contribution in [0.3, 0.4) is 0 Å². The van der Waals surface area contributed by atoms with Gasteiger partial charge in [0.25, 0.3) is 0 Å². The highest BCUT2D eigenvalue weighted by Gasteiger charge is 2.18. The van der Waals surface area contributed by atoms with Crippen LogP contribution in [0.4, 0.5) is 0 Å². The van der Waals surface area contributed by atoms with Gasteiger partial charge in [0.05, 0.1) is 17.3 Å². The van der Waals surface area contributed by atoms with Gasteiger partial charge in [0, 0.05) is 16.2 Å². The molecule has 0 amide bonds. The summed E-state index contributed by atoms with van der Waals surface area (Å²) in [6.07, 6.45) is 1.53. The topological polar surface area (TPSA) is 76.9 Å². The van der Waals surface area contributed by atoms with Gasteiger partial charge < -0.3 is 0 Å². The third-order valence-electron chi connectivity index (χ3n) is 4.73. The maximum absolute atomic E-state index is 12.6. The van der Waals surface area contributed by atoms with Gasteiger partial charge in [-0.3, -0.25) is 4.57 Å². The van der Waals surface area contributed by atoms with Crippen LogP contribution in [0.1, 0.15) is 17.0 Å². The van der Waals surface area contributed by atoms with E-state index in [1.807, 2.05) is 60.7 Å². The molecule has 3 aromatic carbocycles. The Morgan fingerprint density at radius 1 is 0.941 bits per heavy atom. The van der Waals surface area contributed by atoms with E-state index >= 15 is 0 Å². The lowest BCUT2D eigenvalue weighted by molar-refractivity contribution is 0.587. The minimum atomic E-state index is -3.71. The third-order valence-corrected chi connectivity index (χ3v) is 7.31. The van der Waals surface area contributed by atoms with Crippen molar-refractivity contribution in [2.45, 2.75) is 17.5 Å². The fourth-order valence-corrected chi connectivity index (χ4v) is 5.26. The van der Waals surface area contributed by atoms with Gasteiger partial charge in [-0.15, -0.1) is 10.2 Å². The van der Waals surface area contributed by atoms with Crippen LogP contribution in [0.5, 0.6) is 0 Å². The molecule has 0 bridgehead atoms. The minimum absolute atomic E-state index is 0.0701. The molecule has 6 nitrogen and oxygen atoms in total. The summed E-state index contributed by atoms with van der Waals surface area (Å²) in [7, 11) is -3.71. The first-order valence-electron chi connectivity index (χ1n) is 10.2. The van der Waals surface area contributed by atoms with Crippen molar-refractivity contribution < 1.29 is 8.42 Å². The molecule has 0 saturated heterocycles. The SMILES string of the molecule is O=S(=O)(C=Cc1ccccc1)NCc1nnc(SCc2ccccc2)n1-c1ccc(Cl)cc1Cl. The Morgan fingerprint density at radius 2 is 1.65 bits per heavy atom. The van der Waals surface area contributed by atoms with E-state index in [-0.39, 0.29) is 6.54 Å². The van der Waals surface area contributed by atoms with Crippen LogP contribution in [0.2, 0.25) is 10.0 Å². The lowest BCUT2D eigenvalue weighted by Crippen LogP contribution is -2.23. The number of nitrogens with zero attached hydrogens (tertiary/aromatic N) is 3. The van der Waals surface area contributed by atoms with Crippen molar-refractivity contribution in [3.63, 3.8) is 0 Å². The highest BCUT2D eigenvalue weighted by molar-refractivity contribution is 7.98. The lowest BCUT2D eigenvalue weighted by atomic mass is 10.2. The standard InChI is InChI=1S/C24H20Cl2N4O2S2/c25-20-11-12-22(21(26)15-20)30-23(28-29-24(30)33-17-19-9-5-2-6-10-19)16-27-34(31,32)14-13-18-7-3-1-4-8-18/h1-15,27H,16-17H2. The van der Waals surface area contributed by atoms with Crippen LogP contribution >= 0.6 is 35.0 Å². The van der Waals surface area contributed by atoms with Crippen LogP contribution < -0.4 is 4.72 Å². The van der Waals surface area contributed by atoms with Gasteiger partial charge in [0.1, 0.15) is 0 Å². The first kappa shape index (κ1) is 24.5. The zero-order valence-electron chi connectivity index (χ0n) is 17.8. The van der Waals surface area contributed by atoms with Crippen molar-refractivity contribution in [2.75, 3.05) is 0 Å². The molecule has 0 aliphatic rings. The maximum atomic E-state index is 12.6.